The Morgan fingerprint density at radius 1 is 1.11 bits per heavy atom. The van der Waals surface area contributed by atoms with Crippen molar-refractivity contribution in [2.45, 2.75) is 6.61 Å². The van der Waals surface area contributed by atoms with Gasteiger partial charge in [0.2, 0.25) is 0 Å². The minimum Gasteiger partial charge on any atom is -0.508 e. The molecule has 1 heterocycles. The summed E-state index contributed by atoms with van der Waals surface area (Å²) in [6.45, 7) is 0.333. The number of aromatic amines is 1. The van der Waals surface area contributed by atoms with E-state index in [0.29, 0.717) is 12.4 Å². The highest BCUT2D eigenvalue weighted by Gasteiger charge is 2.03. The Morgan fingerprint density at radius 3 is 2.84 bits per heavy atom. The van der Waals surface area contributed by atoms with Crippen LogP contribution >= 0.6 is 0 Å². The van der Waals surface area contributed by atoms with Gasteiger partial charge in [0.05, 0.1) is 5.69 Å². The third-order valence-electron chi connectivity index (χ3n) is 2.85. The molecule has 0 spiro atoms. The molecule has 2 N–H and O–H groups in total. The zero-order valence-corrected chi connectivity index (χ0v) is 10.1. The van der Waals surface area contributed by atoms with Crippen molar-refractivity contribution in [2.75, 3.05) is 0 Å². The molecule has 3 nitrogen and oxygen atoms in total. The van der Waals surface area contributed by atoms with Crippen LogP contribution < -0.4 is 4.74 Å². The zero-order chi connectivity index (χ0) is 13.2. The fraction of sp³-hybridized carbons (Fsp3) is 0.0667. The second kappa shape index (κ2) is 4.65. The van der Waals surface area contributed by atoms with Crippen LogP contribution in [0.4, 0.5) is 4.39 Å². The molecule has 0 radical (unpaired) electrons. The second-order valence-corrected chi connectivity index (χ2v) is 4.31. The largest absolute Gasteiger partial charge is 0.508 e. The summed E-state index contributed by atoms with van der Waals surface area (Å²) in [5.74, 6) is 0.494. The maximum Gasteiger partial charge on any atom is 0.128 e. The Balaban J connectivity index is 1.78. The fourth-order valence-electron chi connectivity index (χ4n) is 1.98. The van der Waals surface area contributed by atoms with E-state index in [1.807, 2.05) is 6.07 Å². The van der Waals surface area contributed by atoms with Gasteiger partial charge in [0.1, 0.15) is 23.9 Å². The van der Waals surface area contributed by atoms with E-state index < -0.39 is 0 Å². The number of rotatable bonds is 3. The van der Waals surface area contributed by atoms with Crippen LogP contribution in [0.2, 0.25) is 0 Å². The van der Waals surface area contributed by atoms with Gasteiger partial charge < -0.3 is 14.8 Å². The predicted octanol–water partition coefficient (Wildman–Crippen LogP) is 3.59. The number of hydrogen-bond acceptors (Lipinski definition) is 2. The summed E-state index contributed by atoms with van der Waals surface area (Å²) in [6.07, 6.45) is 0. The normalized spacial score (nSPS) is 10.8. The van der Waals surface area contributed by atoms with Crippen LogP contribution in [0.1, 0.15) is 5.69 Å². The molecule has 0 aliphatic carbocycles. The highest BCUT2D eigenvalue weighted by atomic mass is 19.1. The molecule has 0 atom stereocenters. The number of nitrogens with one attached hydrogen (secondary N) is 1. The number of aromatic hydroxyl groups is 1. The van der Waals surface area contributed by atoms with Gasteiger partial charge in [0.25, 0.3) is 0 Å². The minimum atomic E-state index is -0.257. The fourth-order valence-corrected chi connectivity index (χ4v) is 1.98. The number of ether oxygens (including phenoxy) is 1. The van der Waals surface area contributed by atoms with Crippen molar-refractivity contribution in [3.8, 4) is 11.5 Å². The molecular weight excluding hydrogens is 245 g/mol. The SMILES string of the molecule is Oc1cccc(OCc2cc3cc(F)ccc3[nH]2)c1. The standard InChI is InChI=1S/C15H12FNO2/c16-11-4-5-15-10(6-11)7-12(17-15)9-19-14-3-1-2-13(18)8-14/h1-8,17-18H,9H2. The van der Waals surface area contributed by atoms with E-state index in [1.54, 1.807) is 30.3 Å². The number of fused-ring (bicyclic) bond motifs is 1. The van der Waals surface area contributed by atoms with Gasteiger partial charge in [0, 0.05) is 17.0 Å². The molecule has 2 aromatic carbocycles. The molecule has 0 fully saturated rings. The first-order chi connectivity index (χ1) is 9.20. The van der Waals surface area contributed by atoms with Crippen LogP contribution in [-0.4, -0.2) is 10.1 Å². The number of benzene rings is 2. The Morgan fingerprint density at radius 2 is 2.00 bits per heavy atom. The molecule has 0 bridgehead atoms. The molecule has 3 aromatic rings. The molecule has 3 rings (SSSR count). The first-order valence-electron chi connectivity index (χ1n) is 5.90. The van der Waals surface area contributed by atoms with Gasteiger partial charge in [-0.15, -0.1) is 0 Å². The van der Waals surface area contributed by atoms with Crippen LogP contribution in [0.5, 0.6) is 11.5 Å². The lowest BCUT2D eigenvalue weighted by Gasteiger charge is -2.04. The van der Waals surface area contributed by atoms with E-state index in [1.165, 1.54) is 12.1 Å². The van der Waals surface area contributed by atoms with Gasteiger partial charge in [-0.25, -0.2) is 4.39 Å². The molecule has 0 unspecified atom stereocenters. The lowest BCUT2D eigenvalue weighted by atomic mass is 10.2. The average Bonchev–Trinajstić information content (AvgIpc) is 2.78. The zero-order valence-electron chi connectivity index (χ0n) is 10.1. The van der Waals surface area contributed by atoms with Crippen molar-refractivity contribution in [1.82, 2.24) is 4.98 Å². The Bertz CT molecular complexity index is 721. The third kappa shape index (κ3) is 2.52. The minimum absolute atomic E-state index is 0.163. The molecule has 0 saturated heterocycles. The number of halogens is 1. The van der Waals surface area contributed by atoms with Crippen LogP contribution in [0.3, 0.4) is 0 Å². The molecular formula is C15H12FNO2. The summed E-state index contributed by atoms with van der Waals surface area (Å²) < 4.78 is 18.6. The van der Waals surface area contributed by atoms with Crippen molar-refractivity contribution >= 4 is 10.9 Å². The molecule has 96 valence electrons. The Labute approximate surface area is 109 Å². The smallest absolute Gasteiger partial charge is 0.128 e. The number of hydrogen-bond donors (Lipinski definition) is 2. The predicted molar refractivity (Wildman–Crippen MR) is 70.7 cm³/mol. The van der Waals surface area contributed by atoms with E-state index in [-0.39, 0.29) is 11.6 Å². The summed E-state index contributed by atoms with van der Waals surface area (Å²) in [5.41, 5.74) is 1.72. The van der Waals surface area contributed by atoms with Crippen molar-refractivity contribution < 1.29 is 14.2 Å². The number of aromatic nitrogens is 1. The number of phenolic OH excluding ortho intramolecular Hbond substituents is 1. The summed E-state index contributed by atoms with van der Waals surface area (Å²) in [7, 11) is 0. The van der Waals surface area contributed by atoms with E-state index in [9.17, 15) is 9.50 Å². The van der Waals surface area contributed by atoms with E-state index in [0.717, 1.165) is 16.6 Å². The van der Waals surface area contributed by atoms with Crippen LogP contribution in [0.25, 0.3) is 10.9 Å². The average molecular weight is 257 g/mol. The maximum atomic E-state index is 13.1. The summed E-state index contributed by atoms with van der Waals surface area (Å²) in [5, 5.41) is 10.1. The van der Waals surface area contributed by atoms with Crippen molar-refractivity contribution in [3.63, 3.8) is 0 Å². The van der Waals surface area contributed by atoms with Crippen LogP contribution in [-0.2, 0) is 6.61 Å². The van der Waals surface area contributed by atoms with E-state index in [2.05, 4.69) is 4.98 Å². The highest BCUT2D eigenvalue weighted by Crippen LogP contribution is 2.21. The second-order valence-electron chi connectivity index (χ2n) is 4.31. The van der Waals surface area contributed by atoms with Gasteiger partial charge in [-0.2, -0.15) is 0 Å². The molecule has 0 aliphatic heterocycles. The van der Waals surface area contributed by atoms with Gasteiger partial charge >= 0.3 is 0 Å². The Hall–Kier alpha value is -2.49. The van der Waals surface area contributed by atoms with E-state index in [4.69, 9.17) is 4.74 Å². The number of H-pyrrole nitrogens is 1. The molecule has 0 aliphatic rings. The summed E-state index contributed by atoms with van der Waals surface area (Å²) in [4.78, 5) is 3.15. The molecule has 0 amide bonds. The molecule has 19 heavy (non-hydrogen) atoms. The van der Waals surface area contributed by atoms with Crippen molar-refractivity contribution in [1.29, 1.82) is 0 Å². The first kappa shape index (κ1) is 11.6. The van der Waals surface area contributed by atoms with E-state index >= 15 is 0 Å². The third-order valence-corrected chi connectivity index (χ3v) is 2.85. The van der Waals surface area contributed by atoms with Crippen LogP contribution in [0, 0.1) is 5.82 Å². The molecule has 0 saturated carbocycles. The van der Waals surface area contributed by atoms with Gasteiger partial charge in [-0.05, 0) is 36.4 Å². The summed E-state index contributed by atoms with van der Waals surface area (Å²) in [6, 6.07) is 13.0. The molecule has 1 aromatic heterocycles. The van der Waals surface area contributed by atoms with Gasteiger partial charge in [0.15, 0.2) is 0 Å². The van der Waals surface area contributed by atoms with Crippen molar-refractivity contribution in [2.24, 2.45) is 0 Å². The van der Waals surface area contributed by atoms with Gasteiger partial charge in [-0.3, -0.25) is 0 Å². The quantitative estimate of drug-likeness (QED) is 0.753. The molecule has 4 heteroatoms. The maximum absolute atomic E-state index is 13.1. The number of phenols is 1. The lowest BCUT2D eigenvalue weighted by Crippen LogP contribution is -1.94. The first-order valence-corrected chi connectivity index (χ1v) is 5.90. The Kier molecular flexibility index (Phi) is 2.83. The van der Waals surface area contributed by atoms with Crippen LogP contribution in [0.15, 0.2) is 48.5 Å². The highest BCUT2D eigenvalue weighted by molar-refractivity contribution is 5.80. The summed E-state index contributed by atoms with van der Waals surface area (Å²) >= 11 is 0. The lowest BCUT2D eigenvalue weighted by molar-refractivity contribution is 0.300. The monoisotopic (exact) mass is 257 g/mol. The van der Waals surface area contributed by atoms with Crippen molar-refractivity contribution in [3.05, 3.63) is 60.0 Å². The topological polar surface area (TPSA) is 45.2 Å². The van der Waals surface area contributed by atoms with Gasteiger partial charge in [-0.1, -0.05) is 6.07 Å².